The number of rotatable bonds is 1. The van der Waals surface area contributed by atoms with Crippen molar-refractivity contribution in [2.75, 3.05) is 5.73 Å². The largest absolute Gasteiger partial charge is 0.399 e. The number of anilines is 1. The fourth-order valence-electron chi connectivity index (χ4n) is 1.38. The van der Waals surface area contributed by atoms with Gasteiger partial charge in [0.1, 0.15) is 11.0 Å². The van der Waals surface area contributed by atoms with Gasteiger partial charge in [0.25, 0.3) is 0 Å². The third kappa shape index (κ3) is 2.12. The molecule has 0 fully saturated rings. The van der Waals surface area contributed by atoms with Crippen molar-refractivity contribution in [3.8, 4) is 11.1 Å². The average Bonchev–Trinajstić information content (AvgIpc) is 2.20. The normalized spacial score (nSPS) is 10.4. The lowest BCUT2D eigenvalue weighted by Gasteiger charge is -2.05. The number of halogens is 3. The Morgan fingerprint density at radius 2 is 1.88 bits per heavy atom. The molecule has 0 saturated carbocycles. The summed E-state index contributed by atoms with van der Waals surface area (Å²) in [5, 5.41) is -0.0307. The summed E-state index contributed by atoms with van der Waals surface area (Å²) >= 11 is 5.59. The second kappa shape index (κ2) is 4.06. The second-order valence-electron chi connectivity index (χ2n) is 3.24. The monoisotopic (exact) mass is 240 g/mol. The predicted molar refractivity (Wildman–Crippen MR) is 59.0 cm³/mol. The molecule has 1 aromatic heterocycles. The number of pyridine rings is 1. The number of nitrogens with two attached hydrogens (primary N) is 1. The molecule has 0 spiro atoms. The number of hydrogen-bond acceptors (Lipinski definition) is 2. The fourth-order valence-corrected chi connectivity index (χ4v) is 1.58. The van der Waals surface area contributed by atoms with E-state index in [1.165, 1.54) is 24.3 Å². The Bertz CT molecular complexity index is 523. The van der Waals surface area contributed by atoms with Crippen LogP contribution in [-0.2, 0) is 0 Å². The van der Waals surface area contributed by atoms with E-state index in [1.807, 2.05) is 0 Å². The Hall–Kier alpha value is -1.68. The van der Waals surface area contributed by atoms with E-state index in [0.717, 1.165) is 6.07 Å². The molecule has 0 aliphatic rings. The first-order chi connectivity index (χ1) is 7.56. The molecule has 0 radical (unpaired) electrons. The molecular formula is C11H7ClF2N2. The molecule has 0 aliphatic carbocycles. The number of hydrogen-bond donors (Lipinski definition) is 1. The minimum atomic E-state index is -0.760. The molecule has 0 saturated heterocycles. The van der Waals surface area contributed by atoms with Crippen LogP contribution in [-0.4, -0.2) is 4.98 Å². The summed E-state index contributed by atoms with van der Waals surface area (Å²) in [6, 6.07) is 6.54. The summed E-state index contributed by atoms with van der Waals surface area (Å²) in [7, 11) is 0. The van der Waals surface area contributed by atoms with E-state index in [2.05, 4.69) is 4.98 Å². The van der Waals surface area contributed by atoms with Gasteiger partial charge in [0.05, 0.1) is 0 Å². The molecule has 0 bridgehead atoms. The molecular weight excluding hydrogens is 234 g/mol. The average molecular weight is 241 g/mol. The van der Waals surface area contributed by atoms with Crippen molar-refractivity contribution in [2.24, 2.45) is 0 Å². The number of aromatic nitrogens is 1. The Balaban J connectivity index is 2.62. The highest BCUT2D eigenvalue weighted by Gasteiger charge is 2.08. The maximum absolute atomic E-state index is 13.5. The van der Waals surface area contributed by atoms with Crippen LogP contribution in [0, 0.1) is 11.8 Å². The summed E-state index contributed by atoms with van der Waals surface area (Å²) in [6.45, 7) is 0. The first kappa shape index (κ1) is 10.8. The summed E-state index contributed by atoms with van der Waals surface area (Å²) in [4.78, 5) is 3.36. The SMILES string of the molecule is Nc1ccc(F)c(-c2cc(F)nc(Cl)c2)c1. The van der Waals surface area contributed by atoms with Crippen molar-refractivity contribution in [3.63, 3.8) is 0 Å². The van der Waals surface area contributed by atoms with Crippen molar-refractivity contribution in [1.82, 2.24) is 4.98 Å². The van der Waals surface area contributed by atoms with Crippen molar-refractivity contribution >= 4 is 17.3 Å². The van der Waals surface area contributed by atoms with Crippen LogP contribution >= 0.6 is 11.6 Å². The molecule has 82 valence electrons. The zero-order valence-corrected chi connectivity index (χ0v) is 8.80. The molecule has 2 rings (SSSR count). The standard InChI is InChI=1S/C11H7ClF2N2/c12-10-3-6(4-11(14)16-10)8-5-7(15)1-2-9(8)13/h1-5H,15H2. The third-order valence-corrected chi connectivity index (χ3v) is 2.26. The first-order valence-corrected chi connectivity index (χ1v) is 4.82. The highest BCUT2D eigenvalue weighted by molar-refractivity contribution is 6.29. The molecule has 1 aromatic carbocycles. The van der Waals surface area contributed by atoms with E-state index in [-0.39, 0.29) is 10.7 Å². The Labute approximate surface area is 95.7 Å². The van der Waals surface area contributed by atoms with Crippen LogP contribution in [0.1, 0.15) is 0 Å². The van der Waals surface area contributed by atoms with Crippen LogP contribution in [0.5, 0.6) is 0 Å². The van der Waals surface area contributed by atoms with Gasteiger partial charge in [-0.05, 0) is 29.8 Å². The molecule has 5 heteroatoms. The molecule has 1 heterocycles. The molecule has 16 heavy (non-hydrogen) atoms. The van der Waals surface area contributed by atoms with Gasteiger partial charge in [0.15, 0.2) is 0 Å². The summed E-state index contributed by atoms with van der Waals surface area (Å²) in [5.74, 6) is -1.25. The van der Waals surface area contributed by atoms with Crippen molar-refractivity contribution < 1.29 is 8.78 Å². The highest BCUT2D eigenvalue weighted by atomic mass is 35.5. The van der Waals surface area contributed by atoms with Crippen molar-refractivity contribution in [3.05, 3.63) is 47.2 Å². The molecule has 0 aliphatic heterocycles. The van der Waals surface area contributed by atoms with Crippen molar-refractivity contribution in [1.29, 1.82) is 0 Å². The van der Waals surface area contributed by atoms with Gasteiger partial charge in [-0.2, -0.15) is 4.39 Å². The first-order valence-electron chi connectivity index (χ1n) is 4.45. The van der Waals surface area contributed by atoms with Gasteiger partial charge < -0.3 is 5.73 Å². The zero-order chi connectivity index (χ0) is 11.7. The summed E-state index contributed by atoms with van der Waals surface area (Å²) < 4.78 is 26.5. The number of benzene rings is 1. The van der Waals surface area contributed by atoms with Gasteiger partial charge in [-0.3, -0.25) is 0 Å². The summed E-state index contributed by atoms with van der Waals surface area (Å²) in [5.41, 5.74) is 6.43. The minimum absolute atomic E-state index is 0.0307. The predicted octanol–water partition coefficient (Wildman–Crippen LogP) is 3.26. The van der Waals surface area contributed by atoms with Crippen LogP contribution in [0.15, 0.2) is 30.3 Å². The van der Waals surface area contributed by atoms with E-state index in [0.29, 0.717) is 11.3 Å². The maximum atomic E-state index is 13.5. The molecule has 0 amide bonds. The highest BCUT2D eigenvalue weighted by Crippen LogP contribution is 2.26. The Morgan fingerprint density at radius 1 is 1.12 bits per heavy atom. The topological polar surface area (TPSA) is 38.9 Å². The molecule has 2 aromatic rings. The number of nitrogens with zero attached hydrogens (tertiary/aromatic N) is 1. The quantitative estimate of drug-likeness (QED) is 0.614. The van der Waals surface area contributed by atoms with Gasteiger partial charge in [-0.15, -0.1) is 0 Å². The minimum Gasteiger partial charge on any atom is -0.399 e. The van der Waals surface area contributed by atoms with Crippen LogP contribution < -0.4 is 5.73 Å². The van der Waals surface area contributed by atoms with E-state index in [4.69, 9.17) is 17.3 Å². The summed E-state index contributed by atoms with van der Waals surface area (Å²) in [6.07, 6.45) is 0. The van der Waals surface area contributed by atoms with Crippen molar-refractivity contribution in [2.45, 2.75) is 0 Å². The zero-order valence-electron chi connectivity index (χ0n) is 8.05. The number of nitrogen functional groups attached to an aromatic ring is 1. The Morgan fingerprint density at radius 3 is 2.56 bits per heavy atom. The van der Waals surface area contributed by atoms with Crippen LogP contribution in [0.3, 0.4) is 0 Å². The molecule has 2 N–H and O–H groups in total. The molecule has 2 nitrogen and oxygen atoms in total. The smallest absolute Gasteiger partial charge is 0.214 e. The van der Waals surface area contributed by atoms with E-state index < -0.39 is 11.8 Å². The third-order valence-electron chi connectivity index (χ3n) is 2.06. The van der Waals surface area contributed by atoms with Gasteiger partial charge >= 0.3 is 0 Å². The molecule has 0 unspecified atom stereocenters. The van der Waals surface area contributed by atoms with Crippen LogP contribution in [0.2, 0.25) is 5.15 Å². The second-order valence-corrected chi connectivity index (χ2v) is 3.63. The van der Waals surface area contributed by atoms with Gasteiger partial charge in [0, 0.05) is 17.3 Å². The van der Waals surface area contributed by atoms with E-state index in [9.17, 15) is 8.78 Å². The van der Waals surface area contributed by atoms with Crippen LogP contribution in [0.25, 0.3) is 11.1 Å². The lowest BCUT2D eigenvalue weighted by molar-refractivity contribution is 0.584. The van der Waals surface area contributed by atoms with Gasteiger partial charge in [0.2, 0.25) is 5.95 Å². The Kier molecular flexibility index (Phi) is 2.75. The maximum Gasteiger partial charge on any atom is 0.214 e. The van der Waals surface area contributed by atoms with E-state index >= 15 is 0 Å². The lowest BCUT2D eigenvalue weighted by atomic mass is 10.1. The fraction of sp³-hybridized carbons (Fsp3) is 0. The van der Waals surface area contributed by atoms with Gasteiger partial charge in [-0.1, -0.05) is 11.6 Å². The van der Waals surface area contributed by atoms with E-state index in [1.54, 1.807) is 0 Å². The lowest BCUT2D eigenvalue weighted by Crippen LogP contribution is -1.92. The molecule has 0 atom stereocenters. The van der Waals surface area contributed by atoms with Crippen LogP contribution in [0.4, 0.5) is 14.5 Å². The van der Waals surface area contributed by atoms with Gasteiger partial charge in [-0.25, -0.2) is 9.37 Å².